The van der Waals surface area contributed by atoms with Crippen LogP contribution in [0.3, 0.4) is 0 Å². The van der Waals surface area contributed by atoms with Crippen LogP contribution in [0.4, 0.5) is 0 Å². The number of methoxy groups -OCH3 is 2. The summed E-state index contributed by atoms with van der Waals surface area (Å²) >= 11 is 1.28. The molecule has 7 nitrogen and oxygen atoms in total. The van der Waals surface area contributed by atoms with Crippen LogP contribution in [0.15, 0.2) is 47.6 Å². The van der Waals surface area contributed by atoms with Crippen molar-refractivity contribution >= 4 is 17.7 Å². The number of aromatic nitrogens is 3. The highest BCUT2D eigenvalue weighted by Gasteiger charge is 2.13. The maximum Gasteiger partial charge on any atom is 0.230 e. The van der Waals surface area contributed by atoms with E-state index in [1.807, 2.05) is 24.3 Å². The summed E-state index contributed by atoms with van der Waals surface area (Å²) in [6.07, 6.45) is 0.811. The van der Waals surface area contributed by atoms with Crippen molar-refractivity contribution in [3.05, 3.63) is 53.6 Å². The summed E-state index contributed by atoms with van der Waals surface area (Å²) in [7, 11) is 3.19. The molecule has 1 amide bonds. The molecule has 3 aromatic rings. The number of thioether (sulfide) groups is 1. The fourth-order valence-corrected chi connectivity index (χ4v) is 3.46. The first kappa shape index (κ1) is 20.7. The van der Waals surface area contributed by atoms with Crippen molar-refractivity contribution < 1.29 is 14.3 Å². The number of amides is 1. The molecule has 2 N–H and O–H groups in total. The van der Waals surface area contributed by atoms with Crippen LogP contribution >= 0.6 is 11.8 Å². The summed E-state index contributed by atoms with van der Waals surface area (Å²) in [5, 5.41) is 10.5. The van der Waals surface area contributed by atoms with Gasteiger partial charge in [0.1, 0.15) is 11.5 Å². The lowest BCUT2D eigenvalue weighted by atomic mass is 10.1. The van der Waals surface area contributed by atoms with Gasteiger partial charge in [0.25, 0.3) is 0 Å². The number of rotatable bonds is 9. The molecule has 2 aromatic carbocycles. The van der Waals surface area contributed by atoms with Crippen LogP contribution < -0.4 is 14.8 Å². The van der Waals surface area contributed by atoms with Crippen molar-refractivity contribution in [2.24, 2.45) is 0 Å². The predicted octanol–water partition coefficient (Wildman–Crippen LogP) is 3.25. The summed E-state index contributed by atoms with van der Waals surface area (Å²) in [4.78, 5) is 16.6. The standard InChI is InChI=1S/C21H24N4O3S/c1-14-6-4-5-7-15(14)10-11-22-19(26)13-29-21-23-20(24-25-21)17-9-8-16(27-2)12-18(17)28-3/h4-9,12H,10-11,13H2,1-3H3,(H,22,26)(H,23,24,25). The number of hydrogen-bond acceptors (Lipinski definition) is 6. The second-order valence-electron chi connectivity index (χ2n) is 6.35. The summed E-state index contributed by atoms with van der Waals surface area (Å²) in [5.74, 6) is 2.11. The van der Waals surface area contributed by atoms with E-state index < -0.39 is 0 Å². The predicted molar refractivity (Wildman–Crippen MR) is 114 cm³/mol. The fraction of sp³-hybridized carbons (Fsp3) is 0.286. The third-order valence-electron chi connectivity index (χ3n) is 4.44. The van der Waals surface area contributed by atoms with Gasteiger partial charge in [-0.25, -0.2) is 4.98 Å². The number of hydrogen-bond donors (Lipinski definition) is 2. The average Bonchev–Trinajstić information content (AvgIpc) is 3.22. The zero-order chi connectivity index (χ0) is 20.6. The molecule has 0 spiro atoms. The molecule has 0 aliphatic rings. The molecule has 0 radical (unpaired) electrons. The normalized spacial score (nSPS) is 10.6. The van der Waals surface area contributed by atoms with Gasteiger partial charge in [-0.1, -0.05) is 36.0 Å². The van der Waals surface area contributed by atoms with E-state index in [0.29, 0.717) is 29.0 Å². The minimum atomic E-state index is -0.0445. The first-order valence-corrected chi connectivity index (χ1v) is 10.2. The molecule has 29 heavy (non-hydrogen) atoms. The Morgan fingerprint density at radius 1 is 1.17 bits per heavy atom. The second-order valence-corrected chi connectivity index (χ2v) is 7.29. The molecule has 0 aliphatic heterocycles. The Morgan fingerprint density at radius 3 is 2.76 bits per heavy atom. The molecule has 0 bridgehead atoms. The Bertz CT molecular complexity index is 974. The van der Waals surface area contributed by atoms with E-state index in [9.17, 15) is 4.79 Å². The van der Waals surface area contributed by atoms with E-state index in [1.54, 1.807) is 20.3 Å². The molecular formula is C21H24N4O3S. The van der Waals surface area contributed by atoms with Crippen LogP contribution in [0, 0.1) is 6.92 Å². The molecule has 0 unspecified atom stereocenters. The van der Waals surface area contributed by atoms with Gasteiger partial charge >= 0.3 is 0 Å². The van der Waals surface area contributed by atoms with Gasteiger partial charge in [-0.05, 0) is 36.6 Å². The lowest BCUT2D eigenvalue weighted by molar-refractivity contribution is -0.118. The summed E-state index contributed by atoms with van der Waals surface area (Å²) in [6, 6.07) is 13.6. The second kappa shape index (κ2) is 9.97. The van der Waals surface area contributed by atoms with E-state index in [4.69, 9.17) is 9.47 Å². The lowest BCUT2D eigenvalue weighted by Gasteiger charge is -2.08. The minimum absolute atomic E-state index is 0.0445. The highest BCUT2D eigenvalue weighted by atomic mass is 32.2. The Hall–Kier alpha value is -3.00. The van der Waals surface area contributed by atoms with Crippen molar-refractivity contribution in [1.82, 2.24) is 20.5 Å². The van der Waals surface area contributed by atoms with Gasteiger partial charge in [0.05, 0.1) is 25.5 Å². The van der Waals surface area contributed by atoms with Crippen LogP contribution in [0.5, 0.6) is 11.5 Å². The third-order valence-corrected chi connectivity index (χ3v) is 5.29. The molecule has 0 saturated carbocycles. The fourth-order valence-electron chi connectivity index (χ4n) is 2.83. The number of nitrogens with zero attached hydrogens (tertiary/aromatic N) is 2. The van der Waals surface area contributed by atoms with Gasteiger partial charge in [0, 0.05) is 12.6 Å². The first-order chi connectivity index (χ1) is 14.1. The first-order valence-electron chi connectivity index (χ1n) is 9.19. The number of H-pyrrole nitrogens is 1. The van der Waals surface area contributed by atoms with Gasteiger partial charge in [0.15, 0.2) is 5.82 Å². The smallest absolute Gasteiger partial charge is 0.230 e. The van der Waals surface area contributed by atoms with Crippen LogP contribution in [0.2, 0.25) is 0 Å². The van der Waals surface area contributed by atoms with E-state index in [0.717, 1.165) is 12.0 Å². The van der Waals surface area contributed by atoms with E-state index in [1.165, 1.54) is 22.9 Å². The Balaban J connectivity index is 1.51. The van der Waals surface area contributed by atoms with Gasteiger partial charge < -0.3 is 14.8 Å². The molecule has 0 fully saturated rings. The lowest BCUT2D eigenvalue weighted by Crippen LogP contribution is -2.27. The zero-order valence-corrected chi connectivity index (χ0v) is 17.5. The van der Waals surface area contributed by atoms with Gasteiger partial charge in [0.2, 0.25) is 11.1 Å². The van der Waals surface area contributed by atoms with Gasteiger partial charge in [-0.2, -0.15) is 0 Å². The minimum Gasteiger partial charge on any atom is -0.497 e. The Kier molecular flexibility index (Phi) is 7.13. The van der Waals surface area contributed by atoms with E-state index in [2.05, 4.69) is 39.6 Å². The highest BCUT2D eigenvalue weighted by molar-refractivity contribution is 7.99. The number of carbonyl (C=O) groups is 1. The molecule has 152 valence electrons. The number of nitrogens with one attached hydrogen (secondary N) is 2. The maximum atomic E-state index is 12.1. The van der Waals surface area contributed by atoms with Gasteiger partial charge in [-0.15, -0.1) is 5.10 Å². The maximum absolute atomic E-state index is 12.1. The molecule has 8 heteroatoms. The van der Waals surface area contributed by atoms with Crippen LogP contribution in [0.25, 0.3) is 11.4 Å². The summed E-state index contributed by atoms with van der Waals surface area (Å²) in [6.45, 7) is 2.68. The summed E-state index contributed by atoms with van der Waals surface area (Å²) < 4.78 is 10.6. The van der Waals surface area contributed by atoms with Gasteiger partial charge in [-0.3, -0.25) is 9.89 Å². The quantitative estimate of drug-likeness (QED) is 0.525. The Morgan fingerprint density at radius 2 is 2.00 bits per heavy atom. The summed E-state index contributed by atoms with van der Waals surface area (Å²) in [5.41, 5.74) is 3.25. The van der Waals surface area contributed by atoms with Crippen LogP contribution in [-0.4, -0.2) is 47.6 Å². The number of aromatic amines is 1. The number of aryl methyl sites for hydroxylation is 1. The molecule has 0 atom stereocenters. The SMILES string of the molecule is COc1ccc(-c2nc(SCC(=O)NCCc3ccccc3C)n[nH]2)c(OC)c1. The van der Waals surface area contributed by atoms with Crippen LogP contribution in [-0.2, 0) is 11.2 Å². The van der Waals surface area contributed by atoms with Crippen molar-refractivity contribution in [2.75, 3.05) is 26.5 Å². The molecule has 1 heterocycles. The zero-order valence-electron chi connectivity index (χ0n) is 16.7. The molecule has 0 saturated heterocycles. The van der Waals surface area contributed by atoms with Crippen molar-refractivity contribution in [1.29, 1.82) is 0 Å². The van der Waals surface area contributed by atoms with Crippen molar-refractivity contribution in [2.45, 2.75) is 18.5 Å². The monoisotopic (exact) mass is 412 g/mol. The average molecular weight is 413 g/mol. The highest BCUT2D eigenvalue weighted by Crippen LogP contribution is 2.31. The van der Waals surface area contributed by atoms with Crippen molar-refractivity contribution in [3.63, 3.8) is 0 Å². The molecule has 1 aromatic heterocycles. The number of ether oxygens (including phenoxy) is 2. The third kappa shape index (κ3) is 5.51. The number of carbonyl (C=O) groups excluding carboxylic acids is 1. The topological polar surface area (TPSA) is 89.1 Å². The van der Waals surface area contributed by atoms with Crippen molar-refractivity contribution in [3.8, 4) is 22.9 Å². The van der Waals surface area contributed by atoms with E-state index >= 15 is 0 Å². The molecule has 3 rings (SSSR count). The molecule has 0 aliphatic carbocycles. The number of benzene rings is 2. The largest absolute Gasteiger partial charge is 0.497 e. The van der Waals surface area contributed by atoms with E-state index in [-0.39, 0.29) is 11.7 Å². The van der Waals surface area contributed by atoms with Crippen LogP contribution in [0.1, 0.15) is 11.1 Å². The Labute approximate surface area is 174 Å². The molecular weight excluding hydrogens is 388 g/mol.